The van der Waals surface area contributed by atoms with Crippen LogP contribution in [0.1, 0.15) is 18.2 Å². The van der Waals surface area contributed by atoms with Crippen molar-refractivity contribution < 1.29 is 4.79 Å². The second-order valence-corrected chi connectivity index (χ2v) is 2.38. The van der Waals surface area contributed by atoms with Gasteiger partial charge in [0.15, 0.2) is 0 Å². The second-order valence-electron chi connectivity index (χ2n) is 2.38. The summed E-state index contributed by atoms with van der Waals surface area (Å²) >= 11 is 0. The molecule has 0 spiro atoms. The number of carbonyl (C=O) groups excluding carboxylic acids is 1. The number of rotatable bonds is 2. The van der Waals surface area contributed by atoms with Gasteiger partial charge in [-0.3, -0.25) is 4.79 Å². The largest absolute Gasteiger partial charge is 0.298 e. The van der Waals surface area contributed by atoms with Crippen LogP contribution in [0.2, 0.25) is 0 Å². The Morgan fingerprint density at radius 1 is 1.58 bits per heavy atom. The molecule has 0 unspecified atom stereocenters. The van der Waals surface area contributed by atoms with E-state index in [1.54, 1.807) is 12.3 Å². The van der Waals surface area contributed by atoms with Gasteiger partial charge in [-0.25, -0.2) is 9.97 Å². The van der Waals surface area contributed by atoms with Gasteiger partial charge in [0.2, 0.25) is 0 Å². The van der Waals surface area contributed by atoms with E-state index in [0.29, 0.717) is 5.57 Å². The van der Waals surface area contributed by atoms with Gasteiger partial charge in [-0.2, -0.15) is 0 Å². The molecule has 1 heterocycles. The van der Waals surface area contributed by atoms with Crippen molar-refractivity contribution in [1.82, 2.24) is 9.97 Å². The van der Waals surface area contributed by atoms with Crippen LogP contribution >= 0.6 is 0 Å². The van der Waals surface area contributed by atoms with Gasteiger partial charge in [0.05, 0.1) is 0 Å². The average Bonchev–Trinajstić information content (AvgIpc) is 2.10. The van der Waals surface area contributed by atoms with Crippen molar-refractivity contribution in [2.45, 2.75) is 13.8 Å². The summed E-state index contributed by atoms with van der Waals surface area (Å²) in [5.74, 6) is 0. The third-order valence-corrected chi connectivity index (χ3v) is 1.66. The number of hydrogen-bond donors (Lipinski definition) is 0. The SMILES string of the molecule is C/C=C(/C=O)c1cncnc1C. The van der Waals surface area contributed by atoms with Gasteiger partial charge in [-0.05, 0) is 13.8 Å². The van der Waals surface area contributed by atoms with Gasteiger partial charge in [0, 0.05) is 23.0 Å². The summed E-state index contributed by atoms with van der Waals surface area (Å²) in [4.78, 5) is 18.4. The summed E-state index contributed by atoms with van der Waals surface area (Å²) in [5.41, 5.74) is 2.26. The Morgan fingerprint density at radius 2 is 2.33 bits per heavy atom. The topological polar surface area (TPSA) is 42.9 Å². The number of nitrogens with zero attached hydrogens (tertiary/aromatic N) is 2. The Balaban J connectivity index is 3.18. The molecule has 0 N–H and O–H groups in total. The van der Waals surface area contributed by atoms with Crippen LogP contribution in [0.15, 0.2) is 18.6 Å². The van der Waals surface area contributed by atoms with E-state index in [2.05, 4.69) is 9.97 Å². The molecule has 0 fully saturated rings. The maximum Gasteiger partial charge on any atom is 0.150 e. The first-order valence-corrected chi connectivity index (χ1v) is 3.68. The minimum absolute atomic E-state index is 0.633. The number of aromatic nitrogens is 2. The highest BCUT2D eigenvalue weighted by atomic mass is 16.1. The Labute approximate surface area is 71.2 Å². The molecule has 0 amide bonds. The minimum Gasteiger partial charge on any atom is -0.298 e. The Bertz CT molecular complexity index is 318. The second kappa shape index (κ2) is 3.76. The fourth-order valence-corrected chi connectivity index (χ4v) is 0.961. The van der Waals surface area contributed by atoms with Gasteiger partial charge in [0.1, 0.15) is 12.6 Å². The average molecular weight is 162 g/mol. The smallest absolute Gasteiger partial charge is 0.150 e. The molecule has 3 heteroatoms. The van der Waals surface area contributed by atoms with E-state index in [9.17, 15) is 4.79 Å². The van der Waals surface area contributed by atoms with E-state index >= 15 is 0 Å². The lowest BCUT2D eigenvalue weighted by Crippen LogP contribution is -1.93. The van der Waals surface area contributed by atoms with Crippen LogP contribution in [-0.2, 0) is 4.79 Å². The quantitative estimate of drug-likeness (QED) is 0.487. The van der Waals surface area contributed by atoms with Crippen molar-refractivity contribution in [3.8, 4) is 0 Å². The number of carbonyl (C=O) groups is 1. The normalized spacial score (nSPS) is 11.3. The number of aldehydes is 1. The highest BCUT2D eigenvalue weighted by Gasteiger charge is 2.02. The summed E-state index contributed by atoms with van der Waals surface area (Å²) in [6.07, 6.45) is 5.67. The van der Waals surface area contributed by atoms with E-state index in [1.807, 2.05) is 13.8 Å². The minimum atomic E-state index is 0.633. The fourth-order valence-electron chi connectivity index (χ4n) is 0.961. The van der Waals surface area contributed by atoms with Crippen molar-refractivity contribution in [3.63, 3.8) is 0 Å². The van der Waals surface area contributed by atoms with Crippen molar-refractivity contribution >= 4 is 11.9 Å². The summed E-state index contributed by atoms with van der Waals surface area (Å²) in [6.45, 7) is 3.67. The number of allylic oxidation sites excluding steroid dienone is 2. The molecule has 62 valence electrons. The van der Waals surface area contributed by atoms with Crippen LogP contribution in [0.25, 0.3) is 5.57 Å². The molecule has 0 radical (unpaired) electrons. The molecule has 0 aliphatic carbocycles. The van der Waals surface area contributed by atoms with Crippen LogP contribution in [0.5, 0.6) is 0 Å². The molecule has 0 bridgehead atoms. The molecule has 0 aromatic carbocycles. The molecule has 3 nitrogen and oxygen atoms in total. The van der Waals surface area contributed by atoms with Gasteiger partial charge in [-0.1, -0.05) is 6.08 Å². The van der Waals surface area contributed by atoms with Gasteiger partial charge in [-0.15, -0.1) is 0 Å². The summed E-state index contributed by atoms with van der Waals surface area (Å²) in [7, 11) is 0. The first kappa shape index (κ1) is 8.59. The summed E-state index contributed by atoms with van der Waals surface area (Å²) < 4.78 is 0. The zero-order chi connectivity index (χ0) is 8.97. The van der Waals surface area contributed by atoms with Crippen molar-refractivity contribution in [3.05, 3.63) is 29.9 Å². The molecule has 12 heavy (non-hydrogen) atoms. The zero-order valence-electron chi connectivity index (χ0n) is 7.11. The lowest BCUT2D eigenvalue weighted by molar-refractivity contribution is -0.103. The van der Waals surface area contributed by atoms with Gasteiger partial charge in [0.25, 0.3) is 0 Å². The predicted octanol–water partition coefficient (Wildman–Crippen LogP) is 1.39. The third kappa shape index (κ3) is 1.56. The Hall–Kier alpha value is -1.51. The van der Waals surface area contributed by atoms with E-state index in [-0.39, 0.29) is 0 Å². The van der Waals surface area contributed by atoms with Gasteiger partial charge >= 0.3 is 0 Å². The Kier molecular flexibility index (Phi) is 2.69. The first-order chi connectivity index (χ1) is 5.79. The van der Waals surface area contributed by atoms with Crippen LogP contribution in [0.3, 0.4) is 0 Å². The van der Waals surface area contributed by atoms with Crippen molar-refractivity contribution in [1.29, 1.82) is 0 Å². The molecule has 0 atom stereocenters. The molecular weight excluding hydrogens is 152 g/mol. The lowest BCUT2D eigenvalue weighted by Gasteiger charge is -2.00. The van der Waals surface area contributed by atoms with Crippen molar-refractivity contribution in [2.75, 3.05) is 0 Å². The first-order valence-electron chi connectivity index (χ1n) is 3.68. The molecule has 1 rings (SSSR count). The lowest BCUT2D eigenvalue weighted by atomic mass is 10.1. The molecule has 1 aromatic rings. The zero-order valence-corrected chi connectivity index (χ0v) is 7.11. The fraction of sp³-hybridized carbons (Fsp3) is 0.222. The summed E-state index contributed by atoms with van der Waals surface area (Å²) in [5, 5.41) is 0. The van der Waals surface area contributed by atoms with Crippen LogP contribution in [0.4, 0.5) is 0 Å². The summed E-state index contributed by atoms with van der Waals surface area (Å²) in [6, 6.07) is 0. The maximum atomic E-state index is 10.6. The molecule has 0 aliphatic rings. The highest BCUT2D eigenvalue weighted by molar-refractivity contribution is 6.06. The van der Waals surface area contributed by atoms with Crippen LogP contribution in [0, 0.1) is 6.92 Å². The standard InChI is InChI=1S/C9H10N2O/c1-3-8(5-12)9-4-10-6-11-7(9)2/h3-6H,1-2H3/b8-3-. The van der Waals surface area contributed by atoms with E-state index in [4.69, 9.17) is 0 Å². The third-order valence-electron chi connectivity index (χ3n) is 1.66. The molecular formula is C9H10N2O. The van der Waals surface area contributed by atoms with E-state index < -0.39 is 0 Å². The molecule has 0 aliphatic heterocycles. The van der Waals surface area contributed by atoms with E-state index in [1.165, 1.54) is 6.33 Å². The number of hydrogen-bond acceptors (Lipinski definition) is 3. The monoisotopic (exact) mass is 162 g/mol. The molecule has 0 saturated heterocycles. The molecule has 1 aromatic heterocycles. The Morgan fingerprint density at radius 3 is 2.83 bits per heavy atom. The number of aryl methyl sites for hydroxylation is 1. The molecule has 0 saturated carbocycles. The van der Waals surface area contributed by atoms with Crippen molar-refractivity contribution in [2.24, 2.45) is 0 Å². The highest BCUT2D eigenvalue weighted by Crippen LogP contribution is 2.12. The van der Waals surface area contributed by atoms with Crippen LogP contribution in [-0.4, -0.2) is 16.3 Å². The van der Waals surface area contributed by atoms with Crippen LogP contribution < -0.4 is 0 Å². The maximum absolute atomic E-state index is 10.6. The van der Waals surface area contributed by atoms with E-state index in [0.717, 1.165) is 17.5 Å². The van der Waals surface area contributed by atoms with Gasteiger partial charge < -0.3 is 0 Å². The predicted molar refractivity (Wildman–Crippen MR) is 46.5 cm³/mol.